The number of nitrogens with one attached hydrogen (secondary N) is 1. The summed E-state index contributed by atoms with van der Waals surface area (Å²) in [6.45, 7) is 2.62. The highest BCUT2D eigenvalue weighted by atomic mass is 16.1. The number of hydrogen-bond acceptors (Lipinski definition) is 2. The lowest BCUT2D eigenvalue weighted by atomic mass is 9.48. The molecule has 4 nitrogen and oxygen atoms in total. The molecule has 0 unspecified atom stereocenters. The van der Waals surface area contributed by atoms with Crippen molar-refractivity contribution in [1.29, 1.82) is 0 Å². The Kier molecular flexibility index (Phi) is 3.70. The summed E-state index contributed by atoms with van der Waals surface area (Å²) in [5.74, 6) is 2.54. The Hall–Kier alpha value is -2.10. The van der Waals surface area contributed by atoms with Crippen LogP contribution in [0.4, 0.5) is 0 Å². The molecule has 0 radical (unpaired) electrons. The van der Waals surface area contributed by atoms with E-state index in [-0.39, 0.29) is 11.3 Å². The summed E-state index contributed by atoms with van der Waals surface area (Å²) in [6.07, 6.45) is 9.80. The van der Waals surface area contributed by atoms with Gasteiger partial charge in [-0.25, -0.2) is 4.68 Å². The van der Waals surface area contributed by atoms with Gasteiger partial charge in [0.05, 0.1) is 16.9 Å². The second-order valence-corrected chi connectivity index (χ2v) is 8.73. The highest BCUT2D eigenvalue weighted by molar-refractivity contribution is 5.95. The first-order valence-electron chi connectivity index (χ1n) is 10.1. The van der Waals surface area contributed by atoms with Gasteiger partial charge in [0.2, 0.25) is 0 Å². The molecule has 26 heavy (non-hydrogen) atoms. The van der Waals surface area contributed by atoms with Crippen molar-refractivity contribution in [3.63, 3.8) is 0 Å². The third-order valence-electron chi connectivity index (χ3n) is 6.86. The van der Waals surface area contributed by atoms with E-state index < -0.39 is 0 Å². The molecule has 2 aromatic rings. The Balaban J connectivity index is 1.61. The number of carbonyl (C=O) groups is 1. The molecule has 0 atom stereocenters. The summed E-state index contributed by atoms with van der Waals surface area (Å²) in [7, 11) is 0. The smallest absolute Gasteiger partial charge is 0.254 e. The van der Waals surface area contributed by atoms with Crippen molar-refractivity contribution in [2.24, 2.45) is 17.8 Å². The number of nitrogens with zero attached hydrogens (tertiary/aromatic N) is 2. The van der Waals surface area contributed by atoms with Gasteiger partial charge in [-0.15, -0.1) is 0 Å². The third-order valence-corrected chi connectivity index (χ3v) is 6.86. The van der Waals surface area contributed by atoms with Gasteiger partial charge in [-0.2, -0.15) is 5.10 Å². The average Bonchev–Trinajstić information content (AvgIpc) is 3.08. The molecule has 1 aromatic heterocycles. The summed E-state index contributed by atoms with van der Waals surface area (Å²) in [4.78, 5) is 12.8. The molecule has 1 amide bonds. The molecular formula is C22H27N3O. The van der Waals surface area contributed by atoms with Crippen LogP contribution in [0.2, 0.25) is 0 Å². The Labute approximate surface area is 155 Å². The van der Waals surface area contributed by atoms with Gasteiger partial charge in [-0.3, -0.25) is 4.79 Å². The summed E-state index contributed by atoms with van der Waals surface area (Å²) in [6, 6.07) is 10.2. The fourth-order valence-electron chi connectivity index (χ4n) is 6.30. The van der Waals surface area contributed by atoms with Crippen LogP contribution in [-0.4, -0.2) is 22.2 Å². The lowest BCUT2D eigenvalue weighted by molar-refractivity contribution is -0.00770. The SMILES string of the molecule is CCNC(=O)c1cn(-c2ccccc2)nc1C12CC3CC(CC(C3)C1)C2. The molecule has 4 saturated carbocycles. The zero-order valence-corrected chi connectivity index (χ0v) is 15.4. The maximum absolute atomic E-state index is 12.8. The quantitative estimate of drug-likeness (QED) is 0.904. The first-order chi connectivity index (χ1) is 12.7. The molecular weight excluding hydrogens is 322 g/mol. The van der Waals surface area contributed by atoms with Crippen LogP contribution in [0.25, 0.3) is 5.69 Å². The summed E-state index contributed by atoms with van der Waals surface area (Å²) in [5.41, 5.74) is 2.99. The lowest BCUT2D eigenvalue weighted by Gasteiger charge is -2.56. The molecule has 4 bridgehead atoms. The minimum absolute atomic E-state index is 0.0282. The largest absolute Gasteiger partial charge is 0.352 e. The number of para-hydroxylation sites is 1. The monoisotopic (exact) mass is 349 g/mol. The van der Waals surface area contributed by atoms with Gasteiger partial charge in [-0.05, 0) is 75.3 Å². The van der Waals surface area contributed by atoms with E-state index in [2.05, 4.69) is 17.4 Å². The van der Waals surface area contributed by atoms with E-state index in [0.717, 1.165) is 34.7 Å². The van der Waals surface area contributed by atoms with Gasteiger partial charge < -0.3 is 5.32 Å². The van der Waals surface area contributed by atoms with Gasteiger partial charge in [-0.1, -0.05) is 18.2 Å². The highest BCUT2D eigenvalue weighted by Gasteiger charge is 2.53. The standard InChI is InChI=1S/C22H27N3O/c1-2-23-21(26)19-14-25(18-6-4-3-5-7-18)24-20(19)22-11-15-8-16(12-22)10-17(9-15)13-22/h3-7,14-17H,2,8-13H2,1H3,(H,23,26). The first kappa shape index (κ1) is 16.1. The zero-order chi connectivity index (χ0) is 17.7. The van der Waals surface area contributed by atoms with E-state index in [0.29, 0.717) is 6.54 Å². The fraction of sp³-hybridized carbons (Fsp3) is 0.545. The number of amides is 1. The minimum Gasteiger partial charge on any atom is -0.352 e. The molecule has 1 heterocycles. The molecule has 4 aliphatic carbocycles. The first-order valence-corrected chi connectivity index (χ1v) is 10.1. The Morgan fingerprint density at radius 2 is 1.73 bits per heavy atom. The summed E-state index contributed by atoms with van der Waals surface area (Å²) >= 11 is 0. The van der Waals surface area contributed by atoms with Crippen LogP contribution >= 0.6 is 0 Å². The van der Waals surface area contributed by atoms with Gasteiger partial charge in [0, 0.05) is 18.2 Å². The summed E-state index contributed by atoms with van der Waals surface area (Å²) < 4.78 is 1.92. The van der Waals surface area contributed by atoms with Crippen LogP contribution in [0.15, 0.2) is 36.5 Å². The predicted octanol–water partition coefficient (Wildman–Crippen LogP) is 4.09. The van der Waals surface area contributed by atoms with Gasteiger partial charge in [0.25, 0.3) is 5.91 Å². The molecule has 4 fully saturated rings. The Morgan fingerprint density at radius 3 is 2.31 bits per heavy atom. The van der Waals surface area contributed by atoms with Crippen molar-refractivity contribution in [3.8, 4) is 5.69 Å². The maximum Gasteiger partial charge on any atom is 0.254 e. The third kappa shape index (κ3) is 2.50. The molecule has 0 saturated heterocycles. The number of benzene rings is 1. The maximum atomic E-state index is 12.8. The molecule has 0 spiro atoms. The van der Waals surface area contributed by atoms with Crippen LogP contribution in [-0.2, 0) is 5.41 Å². The number of aromatic nitrogens is 2. The normalized spacial score (nSPS) is 32.0. The molecule has 0 aliphatic heterocycles. The van der Waals surface area contributed by atoms with Gasteiger partial charge in [0.1, 0.15) is 0 Å². The average molecular weight is 349 g/mol. The molecule has 136 valence electrons. The van der Waals surface area contributed by atoms with E-state index >= 15 is 0 Å². The van der Waals surface area contributed by atoms with Gasteiger partial charge >= 0.3 is 0 Å². The Morgan fingerprint density at radius 1 is 1.12 bits per heavy atom. The van der Waals surface area contributed by atoms with Crippen molar-refractivity contribution in [2.75, 3.05) is 6.54 Å². The minimum atomic E-state index is 0.0282. The van der Waals surface area contributed by atoms with Crippen LogP contribution in [0.3, 0.4) is 0 Å². The van der Waals surface area contributed by atoms with E-state index in [9.17, 15) is 4.79 Å². The van der Waals surface area contributed by atoms with E-state index in [1.807, 2.05) is 36.0 Å². The van der Waals surface area contributed by atoms with E-state index in [1.165, 1.54) is 38.5 Å². The highest BCUT2D eigenvalue weighted by Crippen LogP contribution is 2.60. The fourth-order valence-corrected chi connectivity index (χ4v) is 6.30. The number of rotatable bonds is 4. The number of hydrogen-bond donors (Lipinski definition) is 1. The van der Waals surface area contributed by atoms with Crippen LogP contribution in [0.1, 0.15) is 61.5 Å². The van der Waals surface area contributed by atoms with E-state index in [4.69, 9.17) is 5.10 Å². The van der Waals surface area contributed by atoms with Crippen molar-refractivity contribution >= 4 is 5.91 Å². The summed E-state index contributed by atoms with van der Waals surface area (Å²) in [5, 5.41) is 8.04. The molecule has 4 heteroatoms. The van der Waals surface area contributed by atoms with Crippen LogP contribution in [0, 0.1) is 17.8 Å². The van der Waals surface area contributed by atoms with Crippen molar-refractivity contribution in [1.82, 2.24) is 15.1 Å². The second-order valence-electron chi connectivity index (χ2n) is 8.73. The van der Waals surface area contributed by atoms with Gasteiger partial charge in [0.15, 0.2) is 0 Å². The van der Waals surface area contributed by atoms with Crippen molar-refractivity contribution in [2.45, 2.75) is 50.9 Å². The van der Waals surface area contributed by atoms with Crippen molar-refractivity contribution < 1.29 is 4.79 Å². The van der Waals surface area contributed by atoms with Crippen molar-refractivity contribution in [3.05, 3.63) is 47.8 Å². The predicted molar refractivity (Wildman–Crippen MR) is 101 cm³/mol. The van der Waals surface area contributed by atoms with Crippen LogP contribution < -0.4 is 5.32 Å². The molecule has 1 aromatic carbocycles. The second kappa shape index (κ2) is 5.97. The number of carbonyl (C=O) groups excluding carboxylic acids is 1. The topological polar surface area (TPSA) is 46.9 Å². The zero-order valence-electron chi connectivity index (χ0n) is 15.4. The van der Waals surface area contributed by atoms with E-state index in [1.54, 1.807) is 0 Å². The molecule has 4 aliphatic rings. The molecule has 1 N–H and O–H groups in total. The Bertz CT molecular complexity index is 788. The lowest BCUT2D eigenvalue weighted by Crippen LogP contribution is -2.49. The van der Waals surface area contributed by atoms with Crippen LogP contribution in [0.5, 0.6) is 0 Å². The molecule has 6 rings (SSSR count).